The Balaban J connectivity index is 1.57. The van der Waals surface area contributed by atoms with Crippen LogP contribution in [0, 0.1) is 11.6 Å². The highest BCUT2D eigenvalue weighted by atomic mass is 32.2. The molecule has 2 heterocycles. The number of nitrogens with one attached hydrogen (secondary N) is 2. The van der Waals surface area contributed by atoms with Crippen LogP contribution in [0.1, 0.15) is 42.5 Å². The van der Waals surface area contributed by atoms with Gasteiger partial charge in [-0.25, -0.2) is 17.2 Å². The Kier molecular flexibility index (Phi) is 8.98. The number of sulfone groups is 1. The summed E-state index contributed by atoms with van der Waals surface area (Å²) in [4.78, 5) is 0. The number of methoxy groups -OCH3 is 2. The van der Waals surface area contributed by atoms with Crippen molar-refractivity contribution in [1.29, 1.82) is 0 Å². The van der Waals surface area contributed by atoms with E-state index in [-0.39, 0.29) is 35.9 Å². The first-order valence-electron chi connectivity index (χ1n) is 12.6. The fourth-order valence-corrected chi connectivity index (χ4v) is 7.59. The van der Waals surface area contributed by atoms with Crippen molar-refractivity contribution in [3.63, 3.8) is 0 Å². The first kappa shape index (κ1) is 28.1. The van der Waals surface area contributed by atoms with E-state index in [1.807, 2.05) is 30.3 Å². The van der Waals surface area contributed by atoms with Crippen molar-refractivity contribution in [2.45, 2.75) is 55.3 Å². The Morgan fingerprint density at radius 1 is 1.11 bits per heavy atom. The lowest BCUT2D eigenvalue weighted by Crippen LogP contribution is -2.53. The van der Waals surface area contributed by atoms with Crippen molar-refractivity contribution >= 4 is 9.84 Å². The van der Waals surface area contributed by atoms with Gasteiger partial charge < -0.3 is 24.8 Å². The highest BCUT2D eigenvalue weighted by Gasteiger charge is 2.41. The van der Waals surface area contributed by atoms with E-state index in [2.05, 4.69) is 10.6 Å². The summed E-state index contributed by atoms with van der Waals surface area (Å²) in [5.74, 6) is -1.29. The maximum atomic E-state index is 15.6. The summed E-state index contributed by atoms with van der Waals surface area (Å²) < 4.78 is 73.5. The topological polar surface area (TPSA) is 85.9 Å². The molecule has 0 amide bonds. The first-order valence-corrected chi connectivity index (χ1v) is 14.3. The zero-order valence-electron chi connectivity index (χ0n) is 21.5. The fraction of sp³-hybridized carbons (Fsp3) is 0.556. The molecular weight excluding hydrogens is 502 g/mol. The second kappa shape index (κ2) is 11.8. The first-order chi connectivity index (χ1) is 17.7. The van der Waals surface area contributed by atoms with Gasteiger partial charge in [-0.2, -0.15) is 0 Å². The molecule has 2 N–H and O–H groups in total. The molecule has 3 atom stereocenters. The largest absolute Gasteiger partial charge is 0.381 e. The van der Waals surface area contributed by atoms with Gasteiger partial charge in [-0.15, -0.1) is 0 Å². The number of halogens is 2. The van der Waals surface area contributed by atoms with Gasteiger partial charge in [-0.3, -0.25) is 0 Å². The van der Waals surface area contributed by atoms with E-state index in [0.717, 1.165) is 11.6 Å². The summed E-state index contributed by atoms with van der Waals surface area (Å²) in [6.45, 7) is 2.85. The molecule has 204 valence electrons. The van der Waals surface area contributed by atoms with Crippen LogP contribution < -0.4 is 10.6 Å². The van der Waals surface area contributed by atoms with Crippen molar-refractivity contribution in [1.82, 2.24) is 10.6 Å². The smallest absolute Gasteiger partial charge is 0.169 e. The molecule has 0 spiro atoms. The molecule has 37 heavy (non-hydrogen) atoms. The molecule has 2 unspecified atom stereocenters. The molecule has 7 nitrogen and oxygen atoms in total. The van der Waals surface area contributed by atoms with Crippen molar-refractivity contribution in [2.24, 2.45) is 0 Å². The van der Waals surface area contributed by atoms with Crippen LogP contribution in [0.3, 0.4) is 0 Å². The van der Waals surface area contributed by atoms with E-state index in [1.165, 1.54) is 20.3 Å². The van der Waals surface area contributed by atoms with E-state index in [1.54, 1.807) is 6.92 Å². The van der Waals surface area contributed by atoms with Crippen LogP contribution in [0.2, 0.25) is 0 Å². The quantitative estimate of drug-likeness (QED) is 0.474. The number of hydrogen-bond donors (Lipinski definition) is 2. The third-order valence-electron chi connectivity index (χ3n) is 7.64. The summed E-state index contributed by atoms with van der Waals surface area (Å²) in [6.07, 6.45) is 0.237. The lowest BCUT2D eigenvalue weighted by molar-refractivity contribution is -0.105. The normalized spacial score (nSPS) is 25.3. The van der Waals surface area contributed by atoms with Gasteiger partial charge in [0.2, 0.25) is 0 Å². The van der Waals surface area contributed by atoms with Crippen LogP contribution in [0.4, 0.5) is 8.78 Å². The van der Waals surface area contributed by atoms with Crippen LogP contribution in [0.25, 0.3) is 0 Å². The molecule has 2 aromatic carbocycles. The maximum absolute atomic E-state index is 15.6. The van der Waals surface area contributed by atoms with Gasteiger partial charge in [0.25, 0.3) is 0 Å². The molecule has 2 aromatic rings. The second-order valence-electron chi connectivity index (χ2n) is 9.89. The molecular formula is C27H36F2N2O5S. The van der Waals surface area contributed by atoms with Crippen molar-refractivity contribution in [2.75, 3.05) is 39.7 Å². The molecule has 2 saturated heterocycles. The van der Waals surface area contributed by atoms with E-state index >= 15 is 8.78 Å². The Bertz CT molecular complexity index is 1150. The number of hydrogen-bond acceptors (Lipinski definition) is 7. The van der Waals surface area contributed by atoms with Crippen LogP contribution in [-0.2, 0) is 36.0 Å². The molecule has 0 aromatic heterocycles. The summed E-state index contributed by atoms with van der Waals surface area (Å²) in [6, 6.07) is 11.0. The molecule has 4 rings (SSSR count). The van der Waals surface area contributed by atoms with Gasteiger partial charge in [0.05, 0.1) is 16.5 Å². The molecule has 0 saturated carbocycles. The Hall–Kier alpha value is -1.95. The van der Waals surface area contributed by atoms with Gasteiger partial charge in [-0.05, 0) is 49.4 Å². The van der Waals surface area contributed by atoms with Gasteiger partial charge in [0, 0.05) is 51.6 Å². The molecule has 0 aliphatic carbocycles. The molecule has 0 radical (unpaired) electrons. The average Bonchev–Trinajstić information content (AvgIpc) is 2.89. The highest BCUT2D eigenvalue weighted by molar-refractivity contribution is 7.92. The lowest BCUT2D eigenvalue weighted by atomic mass is 9.81. The van der Waals surface area contributed by atoms with Gasteiger partial charge in [0.1, 0.15) is 11.6 Å². The number of rotatable bonds is 9. The summed E-state index contributed by atoms with van der Waals surface area (Å²) in [5, 5.41) is 5.81. The van der Waals surface area contributed by atoms with Crippen LogP contribution >= 0.6 is 0 Å². The minimum absolute atomic E-state index is 0.0514. The van der Waals surface area contributed by atoms with E-state index < -0.39 is 44.6 Å². The highest BCUT2D eigenvalue weighted by Crippen LogP contribution is 2.36. The van der Waals surface area contributed by atoms with Crippen LogP contribution in [-0.4, -0.2) is 65.7 Å². The molecule has 2 aliphatic heterocycles. The average molecular weight is 539 g/mol. The standard InChI is InChI=1S/C27H36F2N2O5S/c1-18-25(37(32,33)17-24(31-18)19-7-5-4-6-8-19)14-20-13-23(29)21(15-22(20)28)27(9-11-36-12-10-27)30-16-26(34-2)35-3/h4-8,13,15,18,24-26,30-31H,9-12,14,16-17H2,1-3H3/t18-,24?,25?/m0/s1. The third-order valence-corrected chi connectivity index (χ3v) is 9.93. The van der Waals surface area contributed by atoms with Gasteiger partial charge in [0.15, 0.2) is 16.1 Å². The SMILES string of the molecule is COC(CNC1(c2cc(F)c(CC3[C@H](C)NC(c4ccccc4)CS3(=O)=O)cc2F)CCOCC1)OC. The monoisotopic (exact) mass is 538 g/mol. The Morgan fingerprint density at radius 2 is 1.78 bits per heavy atom. The third kappa shape index (κ3) is 6.21. The van der Waals surface area contributed by atoms with E-state index in [0.29, 0.717) is 26.1 Å². The van der Waals surface area contributed by atoms with Crippen molar-refractivity contribution in [3.05, 3.63) is 70.8 Å². The van der Waals surface area contributed by atoms with E-state index in [9.17, 15) is 8.42 Å². The molecule has 0 bridgehead atoms. The number of ether oxygens (including phenoxy) is 3. The summed E-state index contributed by atoms with van der Waals surface area (Å²) in [7, 11) is -0.547. The minimum atomic E-state index is -3.57. The van der Waals surface area contributed by atoms with Crippen molar-refractivity contribution < 1.29 is 31.4 Å². The fourth-order valence-electron chi connectivity index (χ4n) is 5.45. The molecule has 10 heteroatoms. The predicted molar refractivity (Wildman–Crippen MR) is 137 cm³/mol. The maximum Gasteiger partial charge on any atom is 0.169 e. The van der Waals surface area contributed by atoms with Gasteiger partial charge in [-0.1, -0.05) is 30.3 Å². The van der Waals surface area contributed by atoms with Gasteiger partial charge >= 0.3 is 0 Å². The second-order valence-corrected chi connectivity index (χ2v) is 12.2. The lowest BCUT2D eigenvalue weighted by Gasteiger charge is -2.40. The zero-order valence-corrected chi connectivity index (χ0v) is 22.3. The molecule has 2 aliphatic rings. The van der Waals surface area contributed by atoms with Crippen LogP contribution in [0.15, 0.2) is 42.5 Å². The summed E-state index contributed by atoms with van der Waals surface area (Å²) in [5.41, 5.74) is 0.280. The van der Waals surface area contributed by atoms with E-state index in [4.69, 9.17) is 14.2 Å². The minimum Gasteiger partial charge on any atom is -0.381 e. The summed E-state index contributed by atoms with van der Waals surface area (Å²) >= 11 is 0. The molecule has 2 fully saturated rings. The Morgan fingerprint density at radius 3 is 2.41 bits per heavy atom. The number of benzene rings is 2. The van der Waals surface area contributed by atoms with Crippen LogP contribution in [0.5, 0.6) is 0 Å². The van der Waals surface area contributed by atoms with Crippen molar-refractivity contribution in [3.8, 4) is 0 Å². The zero-order chi connectivity index (χ0) is 26.6. The predicted octanol–water partition coefficient (Wildman–Crippen LogP) is 3.24. The Labute approximate surface area is 217 Å².